The number of nitrogens with one attached hydrogen (secondary N) is 1. The van der Waals surface area contributed by atoms with Gasteiger partial charge < -0.3 is 11.1 Å². The lowest BCUT2D eigenvalue weighted by Gasteiger charge is -2.06. The predicted molar refractivity (Wildman–Crippen MR) is 77.7 cm³/mol. The fraction of sp³-hybridized carbons (Fsp3) is 0.125. The Bertz CT molecular complexity index is 690. The highest BCUT2D eigenvalue weighted by Crippen LogP contribution is 2.10. The van der Waals surface area contributed by atoms with Gasteiger partial charge in [-0.15, -0.1) is 0 Å². The number of nitrogens with zero attached hydrogens (tertiary/aromatic N) is 1. The van der Waals surface area contributed by atoms with Gasteiger partial charge in [0.25, 0.3) is 5.91 Å². The van der Waals surface area contributed by atoms with Gasteiger partial charge in [0, 0.05) is 24.5 Å². The molecule has 0 aliphatic heterocycles. The van der Waals surface area contributed by atoms with Crippen LogP contribution in [0.3, 0.4) is 0 Å². The third kappa shape index (κ3) is 4.13. The molecule has 21 heavy (non-hydrogen) atoms. The molecule has 3 N–H and O–H groups in total. The van der Waals surface area contributed by atoms with Gasteiger partial charge in [-0.25, -0.2) is 4.39 Å². The molecule has 0 aliphatic carbocycles. The first kappa shape index (κ1) is 14.7. The lowest BCUT2D eigenvalue weighted by atomic mass is 10.1. The van der Waals surface area contributed by atoms with Gasteiger partial charge in [-0.1, -0.05) is 17.9 Å². The van der Waals surface area contributed by atoms with Gasteiger partial charge in [0.1, 0.15) is 5.82 Å². The van der Waals surface area contributed by atoms with Crippen molar-refractivity contribution in [2.75, 3.05) is 6.54 Å². The SMILES string of the molecule is NCC#Cc1ccc(F)c(C(=O)NCc2cccnc2)c1. The summed E-state index contributed by atoms with van der Waals surface area (Å²) >= 11 is 0. The Morgan fingerprint density at radius 1 is 1.38 bits per heavy atom. The molecule has 1 aromatic carbocycles. The van der Waals surface area contributed by atoms with Gasteiger partial charge in [-0.05, 0) is 29.8 Å². The Morgan fingerprint density at radius 2 is 2.24 bits per heavy atom. The standard InChI is InChI=1S/C16H14FN3O/c17-15-6-5-12(3-1-7-18)9-14(15)16(21)20-11-13-4-2-8-19-10-13/h2,4-6,8-10H,7,11,18H2,(H,20,21). The molecule has 1 amide bonds. The Kier molecular flexibility index (Phi) is 5.02. The number of rotatable bonds is 3. The van der Waals surface area contributed by atoms with Crippen molar-refractivity contribution in [2.24, 2.45) is 5.73 Å². The van der Waals surface area contributed by atoms with Crippen LogP contribution in [0.2, 0.25) is 0 Å². The molecule has 0 unspecified atom stereocenters. The summed E-state index contributed by atoms with van der Waals surface area (Å²) in [5.74, 6) is 4.35. The number of carbonyl (C=O) groups is 1. The number of hydrogen-bond acceptors (Lipinski definition) is 3. The van der Waals surface area contributed by atoms with Crippen molar-refractivity contribution < 1.29 is 9.18 Å². The van der Waals surface area contributed by atoms with E-state index in [1.165, 1.54) is 18.2 Å². The lowest BCUT2D eigenvalue weighted by Crippen LogP contribution is -2.24. The first-order chi connectivity index (χ1) is 10.2. The van der Waals surface area contributed by atoms with Crippen LogP contribution >= 0.6 is 0 Å². The lowest BCUT2D eigenvalue weighted by molar-refractivity contribution is 0.0947. The molecule has 0 radical (unpaired) electrons. The average Bonchev–Trinajstić information content (AvgIpc) is 2.53. The van der Waals surface area contributed by atoms with Crippen molar-refractivity contribution in [3.63, 3.8) is 0 Å². The number of benzene rings is 1. The first-order valence-corrected chi connectivity index (χ1v) is 6.36. The van der Waals surface area contributed by atoms with E-state index in [4.69, 9.17) is 5.73 Å². The topological polar surface area (TPSA) is 68.0 Å². The Balaban J connectivity index is 2.11. The third-order valence-electron chi connectivity index (χ3n) is 2.72. The van der Waals surface area contributed by atoms with Crippen LogP contribution in [0.4, 0.5) is 4.39 Å². The zero-order valence-electron chi connectivity index (χ0n) is 11.3. The van der Waals surface area contributed by atoms with E-state index in [9.17, 15) is 9.18 Å². The molecule has 106 valence electrons. The summed E-state index contributed by atoms with van der Waals surface area (Å²) in [5.41, 5.74) is 6.63. The smallest absolute Gasteiger partial charge is 0.254 e. The van der Waals surface area contributed by atoms with Crippen molar-refractivity contribution in [3.8, 4) is 11.8 Å². The van der Waals surface area contributed by atoms with E-state index in [0.29, 0.717) is 5.56 Å². The van der Waals surface area contributed by atoms with Gasteiger partial charge in [0.2, 0.25) is 0 Å². The number of halogens is 1. The van der Waals surface area contributed by atoms with E-state index < -0.39 is 11.7 Å². The van der Waals surface area contributed by atoms with Crippen molar-refractivity contribution >= 4 is 5.91 Å². The molecule has 0 bridgehead atoms. The zero-order chi connectivity index (χ0) is 15.1. The summed E-state index contributed by atoms with van der Waals surface area (Å²) in [5, 5.41) is 2.65. The molecule has 0 fully saturated rings. The molecular weight excluding hydrogens is 269 g/mol. The summed E-state index contributed by atoms with van der Waals surface area (Å²) in [6.45, 7) is 0.491. The van der Waals surface area contributed by atoms with Crippen LogP contribution < -0.4 is 11.1 Å². The first-order valence-electron chi connectivity index (χ1n) is 6.36. The quantitative estimate of drug-likeness (QED) is 0.838. The second-order valence-electron chi connectivity index (χ2n) is 4.24. The number of hydrogen-bond donors (Lipinski definition) is 2. The third-order valence-corrected chi connectivity index (χ3v) is 2.72. The monoisotopic (exact) mass is 283 g/mol. The molecule has 2 rings (SSSR count). The van der Waals surface area contributed by atoms with Gasteiger partial charge >= 0.3 is 0 Å². The molecule has 0 aliphatic rings. The Labute approximate surface area is 122 Å². The minimum absolute atomic E-state index is 0.0392. The molecule has 0 spiro atoms. The second kappa shape index (κ2) is 7.17. The minimum Gasteiger partial charge on any atom is -0.348 e. The maximum absolute atomic E-state index is 13.7. The van der Waals surface area contributed by atoms with Gasteiger partial charge in [0.05, 0.1) is 12.1 Å². The summed E-state index contributed by atoms with van der Waals surface area (Å²) in [7, 11) is 0. The van der Waals surface area contributed by atoms with Crippen molar-refractivity contribution in [3.05, 3.63) is 65.2 Å². The zero-order valence-corrected chi connectivity index (χ0v) is 11.3. The van der Waals surface area contributed by atoms with E-state index in [0.717, 1.165) is 5.56 Å². The van der Waals surface area contributed by atoms with Crippen LogP contribution in [0, 0.1) is 17.7 Å². The van der Waals surface area contributed by atoms with E-state index in [1.54, 1.807) is 18.5 Å². The highest BCUT2D eigenvalue weighted by molar-refractivity contribution is 5.94. The summed E-state index contributed by atoms with van der Waals surface area (Å²) in [4.78, 5) is 16.0. The minimum atomic E-state index is -0.586. The molecule has 4 nitrogen and oxygen atoms in total. The molecule has 0 atom stereocenters. The van der Waals surface area contributed by atoms with Crippen molar-refractivity contribution in [1.29, 1.82) is 0 Å². The number of nitrogens with two attached hydrogens (primary N) is 1. The maximum Gasteiger partial charge on any atom is 0.254 e. The maximum atomic E-state index is 13.7. The van der Waals surface area contributed by atoms with Crippen LogP contribution in [0.15, 0.2) is 42.7 Å². The molecular formula is C16H14FN3O. The average molecular weight is 283 g/mol. The van der Waals surface area contributed by atoms with Gasteiger partial charge in [-0.3, -0.25) is 9.78 Å². The van der Waals surface area contributed by atoms with Crippen molar-refractivity contribution in [2.45, 2.75) is 6.54 Å². The second-order valence-corrected chi connectivity index (χ2v) is 4.24. The van der Waals surface area contributed by atoms with E-state index in [-0.39, 0.29) is 18.7 Å². The molecule has 2 aromatic rings. The highest BCUT2D eigenvalue weighted by Gasteiger charge is 2.11. The van der Waals surface area contributed by atoms with Gasteiger partial charge in [0.15, 0.2) is 0 Å². The largest absolute Gasteiger partial charge is 0.348 e. The predicted octanol–water partition coefficient (Wildman–Crippen LogP) is 1.46. The van der Waals surface area contributed by atoms with E-state index >= 15 is 0 Å². The number of amides is 1. The van der Waals surface area contributed by atoms with Crippen LogP contribution in [-0.2, 0) is 6.54 Å². The van der Waals surface area contributed by atoms with Crippen molar-refractivity contribution in [1.82, 2.24) is 10.3 Å². The molecule has 0 saturated carbocycles. The molecule has 0 saturated heterocycles. The molecule has 5 heteroatoms. The summed E-state index contributed by atoms with van der Waals surface area (Å²) < 4.78 is 13.7. The summed E-state index contributed by atoms with van der Waals surface area (Å²) in [6.07, 6.45) is 3.28. The Morgan fingerprint density at radius 3 is 2.95 bits per heavy atom. The van der Waals surface area contributed by atoms with Crippen LogP contribution in [0.5, 0.6) is 0 Å². The summed E-state index contributed by atoms with van der Waals surface area (Å²) in [6, 6.07) is 7.74. The molecule has 1 heterocycles. The van der Waals surface area contributed by atoms with E-state index in [2.05, 4.69) is 22.1 Å². The molecule has 1 aromatic heterocycles. The fourth-order valence-corrected chi connectivity index (χ4v) is 1.71. The normalized spacial score (nSPS) is 9.62. The number of carbonyl (C=O) groups excluding carboxylic acids is 1. The number of pyridine rings is 1. The fourth-order valence-electron chi connectivity index (χ4n) is 1.71. The van der Waals surface area contributed by atoms with Crippen LogP contribution in [0.1, 0.15) is 21.5 Å². The van der Waals surface area contributed by atoms with Crippen LogP contribution in [0.25, 0.3) is 0 Å². The van der Waals surface area contributed by atoms with Gasteiger partial charge in [-0.2, -0.15) is 0 Å². The number of aromatic nitrogens is 1. The Hall–Kier alpha value is -2.71. The van der Waals surface area contributed by atoms with E-state index in [1.807, 2.05) is 6.07 Å². The van der Waals surface area contributed by atoms with Crippen LogP contribution in [-0.4, -0.2) is 17.4 Å². The highest BCUT2D eigenvalue weighted by atomic mass is 19.1.